The van der Waals surface area contributed by atoms with Gasteiger partial charge < -0.3 is 4.90 Å². The van der Waals surface area contributed by atoms with Crippen molar-refractivity contribution in [1.82, 2.24) is 9.97 Å². The average Bonchev–Trinajstić information content (AvgIpc) is 2.54. The number of aryl methyl sites for hydroxylation is 2. The summed E-state index contributed by atoms with van der Waals surface area (Å²) in [6, 6.07) is 4.01. The Morgan fingerprint density at radius 2 is 1.83 bits per heavy atom. The van der Waals surface area contributed by atoms with Crippen molar-refractivity contribution in [2.24, 2.45) is 0 Å². The fourth-order valence-corrected chi connectivity index (χ4v) is 2.64. The van der Waals surface area contributed by atoms with Crippen LogP contribution in [0.15, 0.2) is 30.0 Å². The quantitative estimate of drug-likeness (QED) is 0.837. The fourth-order valence-electron chi connectivity index (χ4n) is 2.64. The first-order valence-electron chi connectivity index (χ1n) is 7.72. The molecular formula is C18H19F2N3. The molecule has 1 aromatic heterocycles. The molecule has 1 fully saturated rings. The lowest BCUT2D eigenvalue weighted by molar-refractivity contribution is 0.508. The third-order valence-electron chi connectivity index (χ3n) is 4.22. The summed E-state index contributed by atoms with van der Waals surface area (Å²) in [6.07, 6.45) is 5.54. The zero-order valence-electron chi connectivity index (χ0n) is 13.3. The minimum atomic E-state index is -0.811. The highest BCUT2D eigenvalue weighted by atomic mass is 19.2. The Morgan fingerprint density at radius 1 is 1.09 bits per heavy atom. The lowest BCUT2D eigenvalue weighted by atomic mass is 10.0. The van der Waals surface area contributed by atoms with Crippen LogP contribution in [0.3, 0.4) is 0 Å². The topological polar surface area (TPSA) is 29.0 Å². The van der Waals surface area contributed by atoms with E-state index in [0.29, 0.717) is 5.56 Å². The molecule has 0 spiro atoms. The zero-order valence-corrected chi connectivity index (χ0v) is 13.3. The molecule has 3 nitrogen and oxygen atoms in total. The van der Waals surface area contributed by atoms with Crippen molar-refractivity contribution >= 4 is 12.0 Å². The summed E-state index contributed by atoms with van der Waals surface area (Å²) >= 11 is 0. The molecular weight excluding hydrogens is 296 g/mol. The smallest absolute Gasteiger partial charge is 0.225 e. The maximum absolute atomic E-state index is 13.3. The van der Waals surface area contributed by atoms with Crippen molar-refractivity contribution in [3.8, 4) is 0 Å². The van der Waals surface area contributed by atoms with Gasteiger partial charge in [0.1, 0.15) is 0 Å². The van der Waals surface area contributed by atoms with Crippen LogP contribution in [0.25, 0.3) is 6.08 Å². The summed E-state index contributed by atoms with van der Waals surface area (Å²) in [5.74, 6) is -0.853. The van der Waals surface area contributed by atoms with Gasteiger partial charge in [0.2, 0.25) is 5.95 Å². The van der Waals surface area contributed by atoms with Gasteiger partial charge in [0.25, 0.3) is 0 Å². The molecule has 0 aliphatic carbocycles. The number of anilines is 1. The molecule has 23 heavy (non-hydrogen) atoms. The van der Waals surface area contributed by atoms with Crippen LogP contribution in [0.5, 0.6) is 0 Å². The number of aromatic nitrogens is 2. The molecule has 1 aliphatic heterocycles. The maximum Gasteiger partial charge on any atom is 0.225 e. The Balaban J connectivity index is 1.69. The van der Waals surface area contributed by atoms with Crippen LogP contribution in [-0.2, 0) is 0 Å². The maximum atomic E-state index is 13.3. The molecule has 0 saturated carbocycles. The predicted molar refractivity (Wildman–Crippen MR) is 87.3 cm³/mol. The Bertz CT molecular complexity index is 746. The van der Waals surface area contributed by atoms with E-state index >= 15 is 0 Å². The molecule has 0 amide bonds. The Morgan fingerprint density at radius 3 is 2.48 bits per heavy atom. The Hall–Kier alpha value is -2.30. The SMILES string of the molecule is Cc1cnc(N2CCC(=Cc3ccc(F)c(F)c3)CC2)nc1C. The standard InChI is InChI=1S/C18H19F2N3/c1-12-11-21-18(22-13(12)2)23-7-5-14(6-8-23)9-15-3-4-16(19)17(20)10-15/h3-4,9-11H,5-8H2,1-2H3. The van der Waals surface area contributed by atoms with E-state index < -0.39 is 11.6 Å². The lowest BCUT2D eigenvalue weighted by Crippen LogP contribution is -2.32. The zero-order chi connectivity index (χ0) is 16.4. The van der Waals surface area contributed by atoms with Crippen molar-refractivity contribution in [1.29, 1.82) is 0 Å². The molecule has 0 radical (unpaired) electrons. The second-order valence-corrected chi connectivity index (χ2v) is 5.90. The van der Waals surface area contributed by atoms with Crippen LogP contribution in [0.4, 0.5) is 14.7 Å². The molecule has 3 rings (SSSR count). The molecule has 1 aromatic carbocycles. The monoisotopic (exact) mass is 315 g/mol. The van der Waals surface area contributed by atoms with Crippen molar-refractivity contribution < 1.29 is 8.78 Å². The van der Waals surface area contributed by atoms with Crippen LogP contribution in [0.2, 0.25) is 0 Å². The fraction of sp³-hybridized carbons (Fsp3) is 0.333. The summed E-state index contributed by atoms with van der Waals surface area (Å²) < 4.78 is 26.2. The van der Waals surface area contributed by atoms with Crippen molar-refractivity contribution in [3.63, 3.8) is 0 Å². The Kier molecular flexibility index (Phi) is 4.37. The first-order valence-corrected chi connectivity index (χ1v) is 7.72. The highest BCUT2D eigenvalue weighted by Gasteiger charge is 2.17. The second-order valence-electron chi connectivity index (χ2n) is 5.90. The molecule has 5 heteroatoms. The van der Waals surface area contributed by atoms with E-state index in [9.17, 15) is 8.78 Å². The minimum absolute atomic E-state index is 0.704. The molecule has 0 atom stereocenters. The van der Waals surface area contributed by atoms with E-state index in [2.05, 4.69) is 14.9 Å². The summed E-state index contributed by atoms with van der Waals surface area (Å²) in [4.78, 5) is 11.1. The molecule has 0 N–H and O–H groups in total. The van der Waals surface area contributed by atoms with Crippen LogP contribution >= 0.6 is 0 Å². The molecule has 0 unspecified atom stereocenters. The first-order chi connectivity index (χ1) is 11.0. The summed E-state index contributed by atoms with van der Waals surface area (Å²) in [5.41, 5.74) is 4.02. The van der Waals surface area contributed by atoms with Gasteiger partial charge in [-0.2, -0.15) is 0 Å². The van der Waals surface area contributed by atoms with Crippen molar-refractivity contribution in [3.05, 3.63) is 58.4 Å². The van der Waals surface area contributed by atoms with Gasteiger partial charge >= 0.3 is 0 Å². The number of piperidine rings is 1. The van der Waals surface area contributed by atoms with E-state index in [1.807, 2.05) is 26.1 Å². The molecule has 2 heterocycles. The van der Waals surface area contributed by atoms with Crippen LogP contribution < -0.4 is 4.90 Å². The normalized spacial score (nSPS) is 15.0. The van der Waals surface area contributed by atoms with E-state index in [-0.39, 0.29) is 0 Å². The molecule has 2 aromatic rings. The van der Waals surface area contributed by atoms with Crippen molar-refractivity contribution in [2.45, 2.75) is 26.7 Å². The van der Waals surface area contributed by atoms with E-state index in [0.717, 1.165) is 43.1 Å². The van der Waals surface area contributed by atoms with E-state index in [4.69, 9.17) is 0 Å². The minimum Gasteiger partial charge on any atom is -0.340 e. The first kappa shape index (κ1) is 15.6. The van der Waals surface area contributed by atoms with Gasteiger partial charge in [-0.15, -0.1) is 0 Å². The number of hydrogen-bond donors (Lipinski definition) is 0. The summed E-state index contributed by atoms with van der Waals surface area (Å²) in [6.45, 7) is 5.65. The van der Waals surface area contributed by atoms with E-state index in [1.165, 1.54) is 17.7 Å². The van der Waals surface area contributed by atoms with Gasteiger partial charge in [0, 0.05) is 25.0 Å². The van der Waals surface area contributed by atoms with Crippen molar-refractivity contribution in [2.75, 3.05) is 18.0 Å². The summed E-state index contributed by atoms with van der Waals surface area (Å²) in [7, 11) is 0. The van der Waals surface area contributed by atoms with Crippen LogP contribution in [-0.4, -0.2) is 23.1 Å². The molecule has 120 valence electrons. The number of rotatable bonds is 2. The van der Waals surface area contributed by atoms with Gasteiger partial charge in [-0.3, -0.25) is 0 Å². The van der Waals surface area contributed by atoms with Gasteiger partial charge in [0.05, 0.1) is 0 Å². The van der Waals surface area contributed by atoms with Crippen LogP contribution in [0.1, 0.15) is 29.7 Å². The Labute approximate surface area is 134 Å². The number of hydrogen-bond acceptors (Lipinski definition) is 3. The summed E-state index contributed by atoms with van der Waals surface area (Å²) in [5, 5.41) is 0. The second kappa shape index (κ2) is 6.44. The van der Waals surface area contributed by atoms with Gasteiger partial charge in [-0.25, -0.2) is 18.7 Å². The average molecular weight is 315 g/mol. The third kappa shape index (κ3) is 3.55. The number of nitrogens with zero attached hydrogens (tertiary/aromatic N) is 3. The highest BCUT2D eigenvalue weighted by molar-refractivity contribution is 5.54. The molecule has 1 saturated heterocycles. The van der Waals surface area contributed by atoms with E-state index in [1.54, 1.807) is 6.07 Å². The molecule has 0 bridgehead atoms. The highest BCUT2D eigenvalue weighted by Crippen LogP contribution is 2.23. The van der Waals surface area contributed by atoms with Crippen LogP contribution in [0, 0.1) is 25.5 Å². The number of halogens is 2. The molecule has 1 aliphatic rings. The predicted octanol–water partition coefficient (Wildman–Crippen LogP) is 4.06. The lowest BCUT2D eigenvalue weighted by Gasteiger charge is -2.28. The van der Waals surface area contributed by atoms with Gasteiger partial charge in [-0.05, 0) is 49.9 Å². The largest absolute Gasteiger partial charge is 0.340 e. The number of benzene rings is 1. The van der Waals surface area contributed by atoms with Gasteiger partial charge in [-0.1, -0.05) is 17.7 Å². The third-order valence-corrected chi connectivity index (χ3v) is 4.22. The van der Waals surface area contributed by atoms with Gasteiger partial charge in [0.15, 0.2) is 11.6 Å².